The zero-order chi connectivity index (χ0) is 32.5. The Morgan fingerprint density at radius 1 is 1.05 bits per heavy atom. The first-order valence-corrected chi connectivity index (χ1v) is 15.6. The van der Waals surface area contributed by atoms with Gasteiger partial charge in [-0.1, -0.05) is 47.5 Å². The van der Waals surface area contributed by atoms with E-state index < -0.39 is 5.91 Å². The number of aryl methyl sites for hydroxylation is 1. The van der Waals surface area contributed by atoms with Crippen molar-refractivity contribution in [2.75, 3.05) is 51.4 Å². The van der Waals surface area contributed by atoms with Crippen LogP contribution < -0.4 is 27.8 Å². The van der Waals surface area contributed by atoms with Gasteiger partial charge in [-0.25, -0.2) is 9.97 Å². The molecule has 1 saturated heterocycles. The van der Waals surface area contributed by atoms with Gasteiger partial charge in [0.05, 0.1) is 25.0 Å². The minimum absolute atomic E-state index is 0.00479. The van der Waals surface area contributed by atoms with Gasteiger partial charge in [0.25, 0.3) is 5.91 Å². The number of hydrogen-bond donors (Lipinski definition) is 5. The van der Waals surface area contributed by atoms with Crippen LogP contribution in [-0.4, -0.2) is 74.2 Å². The van der Waals surface area contributed by atoms with Crippen molar-refractivity contribution >= 4 is 23.5 Å². The molecule has 0 aliphatic carbocycles. The molecule has 0 saturated carbocycles. The summed E-state index contributed by atoms with van der Waals surface area (Å²) in [7, 11) is 1.72. The monoisotopic (exact) mass is 608 g/mol. The molecular weight excluding hydrogens is 548 g/mol. The number of anilines is 2. The van der Waals surface area contributed by atoms with E-state index in [1.165, 1.54) is 25.7 Å². The van der Waals surface area contributed by atoms with Gasteiger partial charge >= 0.3 is 0 Å². The van der Waals surface area contributed by atoms with Crippen LogP contribution in [0.4, 0.5) is 11.6 Å². The van der Waals surface area contributed by atoms with Crippen LogP contribution in [0.1, 0.15) is 109 Å². The molecule has 0 radical (unpaired) electrons. The van der Waals surface area contributed by atoms with Crippen LogP contribution in [0.3, 0.4) is 0 Å². The van der Waals surface area contributed by atoms with Crippen LogP contribution in [0, 0.1) is 17.8 Å². The van der Waals surface area contributed by atoms with Crippen LogP contribution in [0.5, 0.6) is 0 Å². The van der Waals surface area contributed by atoms with Crippen molar-refractivity contribution in [1.29, 1.82) is 0 Å². The normalized spacial score (nSPS) is 17.4. The Morgan fingerprint density at radius 3 is 2.40 bits per heavy atom. The molecule has 248 valence electrons. The summed E-state index contributed by atoms with van der Waals surface area (Å²) < 4.78 is 15.8. The van der Waals surface area contributed by atoms with Gasteiger partial charge < -0.3 is 36.7 Å². The van der Waals surface area contributed by atoms with Gasteiger partial charge in [0, 0.05) is 20.2 Å². The van der Waals surface area contributed by atoms with Crippen LogP contribution >= 0.6 is 0 Å². The van der Waals surface area contributed by atoms with E-state index in [0.29, 0.717) is 29.2 Å². The molecule has 8 N–H and O–H groups in total. The van der Waals surface area contributed by atoms with Gasteiger partial charge in [0.1, 0.15) is 5.82 Å². The van der Waals surface area contributed by atoms with Crippen molar-refractivity contribution in [3.05, 3.63) is 11.4 Å². The summed E-state index contributed by atoms with van der Waals surface area (Å²) in [6, 6.07) is 0. The number of aromatic nitrogens is 2. The highest BCUT2D eigenvalue weighted by atomic mass is 16.7. The second-order valence-corrected chi connectivity index (χ2v) is 13.3. The Labute approximate surface area is 259 Å². The van der Waals surface area contributed by atoms with Crippen molar-refractivity contribution in [2.24, 2.45) is 21.6 Å². The van der Waals surface area contributed by atoms with Gasteiger partial charge in [-0.15, -0.1) is 0 Å². The largest absolute Gasteiger partial charge is 0.383 e. The maximum absolute atomic E-state index is 12.2. The first-order chi connectivity index (χ1) is 20.1. The number of guanidine groups is 1. The molecule has 0 aromatic carbocycles. The summed E-state index contributed by atoms with van der Waals surface area (Å²) in [5.41, 5.74) is 18.2. The summed E-state index contributed by atoms with van der Waals surface area (Å²) in [5.74, 6) is -0.334. The van der Waals surface area contributed by atoms with E-state index >= 15 is 0 Å². The predicted molar refractivity (Wildman–Crippen MR) is 175 cm³/mol. The standard InChI is InChI=1S/C20H37N7O.C11H23NO3/c1-13-15(21)26-16(22)14(25-13)17(28)27-18(23)24-11-9-7-8-10-20(5,6)12-19(2,3)4;1-10-14-9-11(15-10)5-3-4-6-12-7-8-13-2/h7-12H2,1-6H3,(H4,21,22,26)(H3,23,24,27,28);10-12H,3-9H2,1-2H3. The van der Waals surface area contributed by atoms with E-state index in [0.717, 1.165) is 52.0 Å². The highest BCUT2D eigenvalue weighted by Crippen LogP contribution is 2.36. The summed E-state index contributed by atoms with van der Waals surface area (Å²) in [6.07, 6.45) is 9.35. The second-order valence-electron chi connectivity index (χ2n) is 13.3. The zero-order valence-corrected chi connectivity index (χ0v) is 28.1. The zero-order valence-electron chi connectivity index (χ0n) is 28.1. The number of amides is 1. The molecule has 43 heavy (non-hydrogen) atoms. The Bertz CT molecular complexity index is 981. The Morgan fingerprint density at radius 2 is 1.77 bits per heavy atom. The summed E-state index contributed by atoms with van der Waals surface area (Å²) in [6.45, 7) is 19.2. The van der Waals surface area contributed by atoms with Crippen LogP contribution in [0.25, 0.3) is 0 Å². The number of unbranched alkanes of at least 4 members (excludes halogenated alkanes) is 3. The van der Waals surface area contributed by atoms with Gasteiger partial charge in [0.2, 0.25) is 0 Å². The first-order valence-electron chi connectivity index (χ1n) is 15.6. The molecule has 0 spiro atoms. The number of methoxy groups -OCH3 is 1. The molecule has 1 amide bonds. The summed E-state index contributed by atoms with van der Waals surface area (Å²) in [5, 5.41) is 5.81. The molecule has 2 unspecified atom stereocenters. The van der Waals surface area contributed by atoms with Gasteiger partial charge in [-0.3, -0.25) is 15.1 Å². The van der Waals surface area contributed by atoms with E-state index in [1.807, 2.05) is 6.92 Å². The molecule has 2 rings (SSSR count). The molecular formula is C31H60N8O4. The van der Waals surface area contributed by atoms with E-state index in [-0.39, 0.29) is 29.6 Å². The molecule has 1 aromatic heterocycles. The third-order valence-electron chi connectivity index (χ3n) is 6.91. The van der Waals surface area contributed by atoms with E-state index in [4.69, 9.17) is 31.4 Å². The lowest BCUT2D eigenvalue weighted by molar-refractivity contribution is -0.0434. The average molecular weight is 609 g/mol. The van der Waals surface area contributed by atoms with Crippen LogP contribution in [-0.2, 0) is 14.2 Å². The number of rotatable bonds is 16. The summed E-state index contributed by atoms with van der Waals surface area (Å²) in [4.78, 5) is 24.4. The number of carbonyl (C=O) groups excluding carboxylic acids is 1. The lowest BCUT2D eigenvalue weighted by atomic mass is 9.73. The number of hydrogen-bond acceptors (Lipinski definition) is 10. The lowest BCUT2D eigenvalue weighted by Gasteiger charge is -2.32. The maximum atomic E-state index is 12.2. The lowest BCUT2D eigenvalue weighted by Crippen LogP contribution is -2.38. The number of ether oxygens (including phenoxy) is 3. The number of aliphatic imine (C=N–C) groups is 1. The predicted octanol–water partition coefficient (Wildman–Crippen LogP) is 4.17. The van der Waals surface area contributed by atoms with Crippen molar-refractivity contribution < 1.29 is 19.0 Å². The van der Waals surface area contributed by atoms with E-state index in [9.17, 15) is 4.79 Å². The molecule has 2 heterocycles. The molecule has 1 aliphatic rings. The third-order valence-corrected chi connectivity index (χ3v) is 6.91. The molecule has 0 bridgehead atoms. The molecule has 12 nitrogen and oxygen atoms in total. The smallest absolute Gasteiger partial charge is 0.280 e. The SMILES string of the molecule is COCCNCCCCC1COC(C)O1.Cc1nc(C(=O)NC(N)=NCCCCCC(C)(C)CC(C)(C)C)c(N)nc1N. The van der Waals surface area contributed by atoms with Gasteiger partial charge in [-0.05, 0) is 69.7 Å². The molecule has 1 aliphatic heterocycles. The van der Waals surface area contributed by atoms with Crippen molar-refractivity contribution in [2.45, 2.75) is 112 Å². The van der Waals surface area contributed by atoms with E-state index in [2.05, 4.69) is 60.2 Å². The van der Waals surface area contributed by atoms with Gasteiger partial charge in [0.15, 0.2) is 23.8 Å². The van der Waals surface area contributed by atoms with Crippen molar-refractivity contribution in [3.63, 3.8) is 0 Å². The third kappa shape index (κ3) is 18.0. The second kappa shape index (κ2) is 19.7. The van der Waals surface area contributed by atoms with Crippen LogP contribution in [0.2, 0.25) is 0 Å². The molecule has 12 heteroatoms. The number of carbonyl (C=O) groups is 1. The fourth-order valence-electron chi connectivity index (χ4n) is 5.21. The minimum atomic E-state index is -0.543. The Kier molecular flexibility index (Phi) is 17.6. The fourth-order valence-corrected chi connectivity index (χ4v) is 5.21. The highest BCUT2D eigenvalue weighted by molar-refractivity contribution is 6.06. The van der Waals surface area contributed by atoms with Gasteiger partial charge in [-0.2, -0.15) is 0 Å². The van der Waals surface area contributed by atoms with Crippen molar-refractivity contribution in [3.8, 4) is 0 Å². The average Bonchev–Trinajstić information content (AvgIpc) is 3.31. The number of nitrogen functional groups attached to an aromatic ring is 2. The number of nitrogens with two attached hydrogens (primary N) is 3. The number of nitrogens with zero attached hydrogens (tertiary/aromatic N) is 3. The fraction of sp³-hybridized carbons (Fsp3) is 0.806. The van der Waals surface area contributed by atoms with Crippen LogP contribution in [0.15, 0.2) is 4.99 Å². The Balaban J connectivity index is 0.000000517. The van der Waals surface area contributed by atoms with E-state index in [1.54, 1.807) is 14.0 Å². The summed E-state index contributed by atoms with van der Waals surface area (Å²) >= 11 is 0. The first kappa shape index (κ1) is 38.5. The molecule has 2 atom stereocenters. The van der Waals surface area contributed by atoms with Crippen molar-refractivity contribution in [1.82, 2.24) is 20.6 Å². The Hall–Kier alpha value is -2.54. The minimum Gasteiger partial charge on any atom is -0.383 e. The molecule has 1 aromatic rings. The molecule has 1 fully saturated rings. The quantitative estimate of drug-likeness (QED) is 0.104. The maximum Gasteiger partial charge on any atom is 0.280 e. The topological polar surface area (TPSA) is 185 Å². The highest BCUT2D eigenvalue weighted by Gasteiger charge is 2.25. The number of nitrogens with one attached hydrogen (secondary N) is 2.